The van der Waals surface area contributed by atoms with E-state index in [1.165, 1.54) is 6.92 Å². The molecule has 2 aromatic carbocycles. The summed E-state index contributed by atoms with van der Waals surface area (Å²) in [6.07, 6.45) is 0. The fourth-order valence-corrected chi connectivity index (χ4v) is 2.19. The first kappa shape index (κ1) is 13.2. The summed E-state index contributed by atoms with van der Waals surface area (Å²) in [7, 11) is 0. The van der Waals surface area contributed by atoms with E-state index in [1.807, 2.05) is 6.07 Å². The van der Waals surface area contributed by atoms with Crippen molar-refractivity contribution in [2.75, 3.05) is 0 Å². The van der Waals surface area contributed by atoms with Gasteiger partial charge in [-0.1, -0.05) is 28.1 Å². The monoisotopic (exact) mass is 312 g/mol. The summed E-state index contributed by atoms with van der Waals surface area (Å²) in [5, 5.41) is 10.5. The van der Waals surface area contributed by atoms with Gasteiger partial charge in [-0.3, -0.25) is 0 Å². The van der Waals surface area contributed by atoms with Gasteiger partial charge in [0.2, 0.25) is 0 Å². The highest BCUT2D eigenvalue weighted by atomic mass is 79.9. The molecule has 2 aromatic rings. The molecule has 1 unspecified atom stereocenters. The predicted molar refractivity (Wildman–Crippen MR) is 69.2 cm³/mol. The maximum atomic E-state index is 13.2. The number of halogens is 3. The second-order valence-corrected chi connectivity index (χ2v) is 5.16. The summed E-state index contributed by atoms with van der Waals surface area (Å²) < 4.78 is 27.2. The normalized spacial score (nSPS) is 14.3. The van der Waals surface area contributed by atoms with Crippen LogP contribution in [-0.2, 0) is 5.60 Å². The van der Waals surface area contributed by atoms with Gasteiger partial charge in [0, 0.05) is 10.5 Å². The molecule has 18 heavy (non-hydrogen) atoms. The van der Waals surface area contributed by atoms with E-state index in [2.05, 4.69) is 15.9 Å². The first-order valence-electron chi connectivity index (χ1n) is 5.34. The molecule has 0 bridgehead atoms. The molecule has 0 aliphatic heterocycles. The number of hydrogen-bond donors (Lipinski definition) is 1. The van der Waals surface area contributed by atoms with E-state index in [9.17, 15) is 13.9 Å². The molecule has 0 amide bonds. The van der Waals surface area contributed by atoms with Crippen LogP contribution in [0.3, 0.4) is 0 Å². The molecule has 0 saturated heterocycles. The lowest BCUT2D eigenvalue weighted by Gasteiger charge is -2.24. The van der Waals surface area contributed by atoms with Gasteiger partial charge in [0.15, 0.2) is 0 Å². The minimum absolute atomic E-state index is 0.179. The molecule has 0 heterocycles. The third-order valence-corrected chi connectivity index (χ3v) is 3.30. The summed E-state index contributed by atoms with van der Waals surface area (Å²) in [4.78, 5) is 0. The molecule has 0 spiro atoms. The average Bonchev–Trinajstić information content (AvgIpc) is 2.27. The Kier molecular flexibility index (Phi) is 3.50. The van der Waals surface area contributed by atoms with Gasteiger partial charge in [0.1, 0.15) is 17.2 Å². The van der Waals surface area contributed by atoms with Crippen LogP contribution < -0.4 is 0 Å². The van der Waals surface area contributed by atoms with Crippen molar-refractivity contribution in [3.63, 3.8) is 0 Å². The highest BCUT2D eigenvalue weighted by molar-refractivity contribution is 9.10. The highest BCUT2D eigenvalue weighted by Gasteiger charge is 2.26. The van der Waals surface area contributed by atoms with Gasteiger partial charge in [-0.05, 0) is 42.3 Å². The third-order valence-electron chi connectivity index (χ3n) is 2.81. The molecule has 2 rings (SSSR count). The molecule has 4 heteroatoms. The zero-order valence-electron chi connectivity index (χ0n) is 9.62. The first-order chi connectivity index (χ1) is 8.39. The highest BCUT2D eigenvalue weighted by Crippen LogP contribution is 2.31. The van der Waals surface area contributed by atoms with Crippen molar-refractivity contribution < 1.29 is 13.9 Å². The van der Waals surface area contributed by atoms with Gasteiger partial charge >= 0.3 is 0 Å². The average molecular weight is 313 g/mol. The van der Waals surface area contributed by atoms with Crippen molar-refractivity contribution in [2.24, 2.45) is 0 Å². The van der Waals surface area contributed by atoms with Crippen molar-refractivity contribution in [3.8, 4) is 0 Å². The quantitative estimate of drug-likeness (QED) is 0.889. The maximum Gasteiger partial charge on any atom is 0.126 e. The van der Waals surface area contributed by atoms with E-state index in [-0.39, 0.29) is 5.56 Å². The second kappa shape index (κ2) is 4.78. The molecule has 0 radical (unpaired) electrons. The topological polar surface area (TPSA) is 20.2 Å². The summed E-state index contributed by atoms with van der Waals surface area (Å²) >= 11 is 3.30. The standard InChI is InChI=1S/C14H11BrF2O/c1-14(18,9-3-2-4-11(15)5-9)10-6-12(16)8-13(17)7-10/h2-8,18H,1H3. The van der Waals surface area contributed by atoms with E-state index in [4.69, 9.17) is 0 Å². The van der Waals surface area contributed by atoms with Gasteiger partial charge in [0.25, 0.3) is 0 Å². The van der Waals surface area contributed by atoms with Crippen LogP contribution in [0.4, 0.5) is 8.78 Å². The minimum Gasteiger partial charge on any atom is -0.381 e. The lowest BCUT2D eigenvalue weighted by molar-refractivity contribution is 0.101. The van der Waals surface area contributed by atoms with Crippen LogP contribution in [0.5, 0.6) is 0 Å². The molecule has 1 atom stereocenters. The smallest absolute Gasteiger partial charge is 0.126 e. The molecular formula is C14H11BrF2O. The number of rotatable bonds is 2. The van der Waals surface area contributed by atoms with Crippen molar-refractivity contribution in [2.45, 2.75) is 12.5 Å². The predicted octanol–water partition coefficient (Wildman–Crippen LogP) is 3.98. The fraction of sp³-hybridized carbons (Fsp3) is 0.143. The van der Waals surface area contributed by atoms with Crippen molar-refractivity contribution in [3.05, 3.63) is 69.7 Å². The maximum absolute atomic E-state index is 13.2. The van der Waals surface area contributed by atoms with Crippen LogP contribution in [0.2, 0.25) is 0 Å². The zero-order valence-corrected chi connectivity index (χ0v) is 11.2. The first-order valence-corrected chi connectivity index (χ1v) is 6.14. The van der Waals surface area contributed by atoms with Gasteiger partial charge in [-0.2, -0.15) is 0 Å². The van der Waals surface area contributed by atoms with E-state index >= 15 is 0 Å². The summed E-state index contributed by atoms with van der Waals surface area (Å²) in [5.74, 6) is -1.42. The molecule has 0 aliphatic rings. The van der Waals surface area contributed by atoms with Crippen LogP contribution in [0.1, 0.15) is 18.1 Å². The van der Waals surface area contributed by atoms with Crippen LogP contribution in [0, 0.1) is 11.6 Å². The summed E-state index contributed by atoms with van der Waals surface area (Å²) in [6, 6.07) is 10.0. The Morgan fingerprint density at radius 3 is 2.17 bits per heavy atom. The Morgan fingerprint density at radius 2 is 1.61 bits per heavy atom. The van der Waals surface area contributed by atoms with Gasteiger partial charge in [0.05, 0.1) is 0 Å². The number of benzene rings is 2. The van der Waals surface area contributed by atoms with Crippen molar-refractivity contribution in [1.29, 1.82) is 0 Å². The van der Waals surface area contributed by atoms with Crippen LogP contribution in [-0.4, -0.2) is 5.11 Å². The van der Waals surface area contributed by atoms with E-state index in [1.54, 1.807) is 18.2 Å². The minimum atomic E-state index is -1.45. The van der Waals surface area contributed by atoms with Gasteiger partial charge in [-0.15, -0.1) is 0 Å². The Balaban J connectivity index is 2.53. The largest absolute Gasteiger partial charge is 0.381 e. The summed E-state index contributed by atoms with van der Waals surface area (Å²) in [5.41, 5.74) is -0.716. The van der Waals surface area contributed by atoms with E-state index in [0.29, 0.717) is 5.56 Å². The zero-order chi connectivity index (χ0) is 13.3. The Morgan fingerprint density at radius 1 is 1.00 bits per heavy atom. The Labute approximate surface area is 112 Å². The molecule has 0 saturated carbocycles. The molecular weight excluding hydrogens is 302 g/mol. The van der Waals surface area contributed by atoms with Gasteiger partial charge in [-0.25, -0.2) is 8.78 Å². The summed E-state index contributed by atoms with van der Waals surface area (Å²) in [6.45, 7) is 1.50. The van der Waals surface area contributed by atoms with Crippen LogP contribution >= 0.6 is 15.9 Å². The van der Waals surface area contributed by atoms with Crippen molar-refractivity contribution >= 4 is 15.9 Å². The van der Waals surface area contributed by atoms with E-state index < -0.39 is 17.2 Å². The van der Waals surface area contributed by atoms with Gasteiger partial charge < -0.3 is 5.11 Å². The second-order valence-electron chi connectivity index (χ2n) is 4.24. The molecule has 94 valence electrons. The van der Waals surface area contributed by atoms with Crippen LogP contribution in [0.25, 0.3) is 0 Å². The molecule has 1 N–H and O–H groups in total. The van der Waals surface area contributed by atoms with Crippen LogP contribution in [0.15, 0.2) is 46.9 Å². The Hall–Kier alpha value is -1.26. The number of hydrogen-bond acceptors (Lipinski definition) is 1. The van der Waals surface area contributed by atoms with E-state index in [0.717, 1.165) is 22.7 Å². The fourth-order valence-electron chi connectivity index (χ4n) is 1.79. The molecule has 0 aliphatic carbocycles. The lowest BCUT2D eigenvalue weighted by Crippen LogP contribution is -2.23. The third kappa shape index (κ3) is 2.60. The number of aliphatic hydroxyl groups is 1. The Bertz CT molecular complexity index is 562. The molecule has 0 fully saturated rings. The van der Waals surface area contributed by atoms with Crippen molar-refractivity contribution in [1.82, 2.24) is 0 Å². The molecule has 0 aromatic heterocycles. The SMILES string of the molecule is CC(O)(c1cc(F)cc(F)c1)c1cccc(Br)c1. The molecule has 1 nitrogen and oxygen atoms in total. The lowest BCUT2D eigenvalue weighted by atomic mass is 9.88.